The maximum atomic E-state index is 12.7. The summed E-state index contributed by atoms with van der Waals surface area (Å²) < 4.78 is 11.6. The van der Waals surface area contributed by atoms with E-state index < -0.39 is 5.72 Å². The second-order valence-electron chi connectivity index (χ2n) is 6.65. The Kier molecular flexibility index (Phi) is 3.37. The zero-order valence-corrected chi connectivity index (χ0v) is 13.2. The molecule has 0 aromatic heterocycles. The largest absolute Gasteiger partial charge is 0.508 e. The molecular weight excluding hydrogens is 296 g/mol. The number of phenolic OH excluding ortho intramolecular Hbond substituents is 1. The molecule has 0 spiro atoms. The molecule has 2 heterocycles. The van der Waals surface area contributed by atoms with Gasteiger partial charge in [-0.1, -0.05) is 6.42 Å². The number of ether oxygens (including phenoxy) is 2. The summed E-state index contributed by atoms with van der Waals surface area (Å²) in [6.45, 7) is 0.975. The molecular formula is C17H22N2O4. The number of phenols is 1. The molecule has 2 unspecified atom stereocenters. The summed E-state index contributed by atoms with van der Waals surface area (Å²) >= 11 is 0. The van der Waals surface area contributed by atoms with Gasteiger partial charge in [-0.05, 0) is 25.0 Å². The van der Waals surface area contributed by atoms with Gasteiger partial charge in [0.05, 0.1) is 12.6 Å². The van der Waals surface area contributed by atoms with Crippen LogP contribution in [0.25, 0.3) is 0 Å². The number of methoxy groups -OCH3 is 1. The van der Waals surface area contributed by atoms with Crippen LogP contribution in [0, 0.1) is 5.92 Å². The number of hydrogen-bond donors (Lipinski definition) is 2. The topological polar surface area (TPSA) is 71.0 Å². The maximum Gasteiger partial charge on any atom is 0.321 e. The first kappa shape index (κ1) is 14.6. The predicted molar refractivity (Wildman–Crippen MR) is 83.3 cm³/mol. The highest BCUT2D eigenvalue weighted by molar-refractivity contribution is 5.77. The summed E-state index contributed by atoms with van der Waals surface area (Å²) in [6, 6.07) is 4.98. The molecule has 6 heteroatoms. The van der Waals surface area contributed by atoms with Crippen molar-refractivity contribution in [3.05, 3.63) is 23.8 Å². The van der Waals surface area contributed by atoms with Crippen molar-refractivity contribution in [1.29, 1.82) is 0 Å². The molecule has 6 nitrogen and oxygen atoms in total. The van der Waals surface area contributed by atoms with E-state index in [1.807, 2.05) is 6.07 Å². The van der Waals surface area contributed by atoms with Crippen LogP contribution in [0.5, 0.6) is 11.5 Å². The number of fused-ring (bicyclic) bond motifs is 4. The van der Waals surface area contributed by atoms with Crippen LogP contribution in [-0.2, 0) is 4.74 Å². The van der Waals surface area contributed by atoms with Gasteiger partial charge >= 0.3 is 6.03 Å². The van der Waals surface area contributed by atoms with Crippen LogP contribution < -0.4 is 10.1 Å². The predicted octanol–water partition coefficient (Wildman–Crippen LogP) is 2.38. The van der Waals surface area contributed by atoms with E-state index in [4.69, 9.17) is 9.47 Å². The molecule has 1 aliphatic carbocycles. The first-order valence-electron chi connectivity index (χ1n) is 8.23. The molecule has 1 aromatic rings. The Morgan fingerprint density at radius 2 is 2.30 bits per heavy atom. The quantitative estimate of drug-likeness (QED) is 0.894. The number of hydrogen-bond acceptors (Lipinski definition) is 4. The zero-order valence-electron chi connectivity index (χ0n) is 13.2. The Hall–Kier alpha value is -1.95. The van der Waals surface area contributed by atoms with Crippen LogP contribution in [0.3, 0.4) is 0 Å². The number of rotatable bonds is 4. The second kappa shape index (κ2) is 5.30. The van der Waals surface area contributed by atoms with E-state index in [0.29, 0.717) is 24.8 Å². The normalized spacial score (nSPS) is 29.3. The number of amides is 2. The second-order valence-corrected chi connectivity index (χ2v) is 6.65. The zero-order chi connectivity index (χ0) is 16.0. The van der Waals surface area contributed by atoms with Gasteiger partial charge in [0.15, 0.2) is 5.72 Å². The van der Waals surface area contributed by atoms with Crippen LogP contribution in [0.2, 0.25) is 0 Å². The number of aromatic hydroxyl groups is 1. The Morgan fingerprint density at radius 3 is 3.00 bits per heavy atom. The average Bonchev–Trinajstić information content (AvgIpc) is 2.44. The highest BCUT2D eigenvalue weighted by Crippen LogP contribution is 2.52. The molecule has 1 saturated heterocycles. The highest BCUT2D eigenvalue weighted by Gasteiger charge is 2.57. The highest BCUT2D eigenvalue weighted by atomic mass is 16.5. The van der Waals surface area contributed by atoms with Crippen molar-refractivity contribution in [3.8, 4) is 11.5 Å². The van der Waals surface area contributed by atoms with Crippen molar-refractivity contribution in [2.24, 2.45) is 5.92 Å². The Labute approximate surface area is 135 Å². The fourth-order valence-corrected chi connectivity index (χ4v) is 4.03. The maximum absolute atomic E-state index is 12.7. The summed E-state index contributed by atoms with van der Waals surface area (Å²) in [6.07, 6.45) is 4.05. The molecule has 1 aromatic carbocycles. The van der Waals surface area contributed by atoms with E-state index in [2.05, 4.69) is 5.32 Å². The van der Waals surface area contributed by atoms with Crippen molar-refractivity contribution in [1.82, 2.24) is 10.2 Å². The molecule has 0 radical (unpaired) electrons. The van der Waals surface area contributed by atoms with E-state index in [1.165, 1.54) is 6.42 Å². The van der Waals surface area contributed by atoms with Crippen molar-refractivity contribution >= 4 is 6.03 Å². The smallest absolute Gasteiger partial charge is 0.321 e. The van der Waals surface area contributed by atoms with E-state index in [-0.39, 0.29) is 17.8 Å². The third-order valence-electron chi connectivity index (χ3n) is 5.42. The summed E-state index contributed by atoms with van der Waals surface area (Å²) in [5, 5.41) is 12.9. The Balaban J connectivity index is 1.76. The third kappa shape index (κ3) is 2.16. The van der Waals surface area contributed by atoms with Gasteiger partial charge < -0.3 is 19.9 Å². The molecule has 1 saturated carbocycles. The van der Waals surface area contributed by atoms with E-state index >= 15 is 0 Å². The number of urea groups is 1. The van der Waals surface area contributed by atoms with E-state index in [9.17, 15) is 9.90 Å². The van der Waals surface area contributed by atoms with Crippen molar-refractivity contribution in [2.75, 3.05) is 20.3 Å². The molecule has 23 heavy (non-hydrogen) atoms. The molecule has 2 atom stereocenters. The van der Waals surface area contributed by atoms with E-state index in [1.54, 1.807) is 24.1 Å². The van der Waals surface area contributed by atoms with Crippen molar-refractivity contribution < 1.29 is 19.4 Å². The van der Waals surface area contributed by atoms with Gasteiger partial charge in [-0.15, -0.1) is 0 Å². The van der Waals surface area contributed by atoms with E-state index in [0.717, 1.165) is 24.8 Å². The summed E-state index contributed by atoms with van der Waals surface area (Å²) in [4.78, 5) is 14.5. The average molecular weight is 318 g/mol. The Morgan fingerprint density at radius 1 is 1.48 bits per heavy atom. The standard InChI is InChI=1S/C17H22N2O4/c1-22-8-7-19-16(21)18-14-10-17(19,11-3-2-4-11)23-15-9-12(20)5-6-13(14)15/h5-6,9,11,14,20H,2-4,7-8,10H2,1H3,(H,18,21). The molecule has 3 aliphatic rings. The number of nitrogens with zero attached hydrogens (tertiary/aromatic N) is 1. The molecule has 2 N–H and O–H groups in total. The van der Waals surface area contributed by atoms with Gasteiger partial charge in [0.25, 0.3) is 0 Å². The molecule has 2 bridgehead atoms. The van der Waals surface area contributed by atoms with Gasteiger partial charge in [0, 0.05) is 37.6 Å². The molecule has 124 valence electrons. The minimum atomic E-state index is -0.620. The SMILES string of the molecule is COCCN1C(=O)NC2CC1(C1CCC1)Oc1cc(O)ccc12. The van der Waals surface area contributed by atoms with Crippen LogP contribution in [0.1, 0.15) is 37.3 Å². The number of carbonyl (C=O) groups excluding carboxylic acids is 1. The van der Waals surface area contributed by atoms with Gasteiger partial charge in [-0.2, -0.15) is 0 Å². The number of carbonyl (C=O) groups is 1. The van der Waals surface area contributed by atoms with Crippen LogP contribution in [0.4, 0.5) is 4.79 Å². The van der Waals surface area contributed by atoms with Gasteiger partial charge in [0.1, 0.15) is 11.5 Å². The number of nitrogens with one attached hydrogen (secondary N) is 1. The molecule has 4 rings (SSSR count). The van der Waals surface area contributed by atoms with Gasteiger partial charge in [-0.3, -0.25) is 4.90 Å². The third-order valence-corrected chi connectivity index (χ3v) is 5.42. The first-order chi connectivity index (χ1) is 11.1. The summed E-state index contributed by atoms with van der Waals surface area (Å²) in [7, 11) is 1.63. The Bertz CT molecular complexity index is 631. The summed E-state index contributed by atoms with van der Waals surface area (Å²) in [5.41, 5.74) is 0.322. The minimum absolute atomic E-state index is 0.0637. The van der Waals surface area contributed by atoms with Gasteiger partial charge in [-0.25, -0.2) is 4.79 Å². The first-order valence-corrected chi connectivity index (χ1v) is 8.23. The van der Waals surface area contributed by atoms with Crippen LogP contribution in [-0.4, -0.2) is 42.0 Å². The van der Waals surface area contributed by atoms with Crippen LogP contribution >= 0.6 is 0 Å². The van der Waals surface area contributed by atoms with Crippen molar-refractivity contribution in [3.63, 3.8) is 0 Å². The van der Waals surface area contributed by atoms with Crippen molar-refractivity contribution in [2.45, 2.75) is 37.5 Å². The fraction of sp³-hybridized carbons (Fsp3) is 0.588. The lowest BCUT2D eigenvalue weighted by atomic mass is 9.71. The van der Waals surface area contributed by atoms with Gasteiger partial charge in [0.2, 0.25) is 0 Å². The lowest BCUT2D eigenvalue weighted by Gasteiger charge is -2.57. The monoisotopic (exact) mass is 318 g/mol. The van der Waals surface area contributed by atoms with Crippen LogP contribution in [0.15, 0.2) is 18.2 Å². The molecule has 2 aliphatic heterocycles. The lowest BCUT2D eigenvalue weighted by molar-refractivity contribution is -0.159. The molecule has 2 fully saturated rings. The molecule has 2 amide bonds. The fourth-order valence-electron chi connectivity index (χ4n) is 4.03. The lowest BCUT2D eigenvalue weighted by Crippen LogP contribution is -2.70. The summed E-state index contributed by atoms with van der Waals surface area (Å²) in [5.74, 6) is 1.20. The minimum Gasteiger partial charge on any atom is -0.508 e. The number of benzene rings is 1.